The van der Waals surface area contributed by atoms with Gasteiger partial charge in [-0.1, -0.05) is 18.2 Å². The Balaban J connectivity index is 2.13. The molecule has 0 aliphatic heterocycles. The fraction of sp³-hybridized carbons (Fsp3) is 0.143. The number of aromatic nitrogens is 1. The van der Waals surface area contributed by atoms with Gasteiger partial charge in [-0.3, -0.25) is 4.98 Å². The summed E-state index contributed by atoms with van der Waals surface area (Å²) in [6.45, 7) is 2.15. The third-order valence-electron chi connectivity index (χ3n) is 2.44. The monoisotopic (exact) mass is 243 g/mol. The standard InChI is InChI=1S/C14H13NO3/c1-10-5-4-6-11(15-10)9-18-13-8-3-2-7-12(13)14(16)17/h2-8H,9H2,1H3,(H,16,17). The van der Waals surface area contributed by atoms with Crippen LogP contribution in [0.4, 0.5) is 0 Å². The van der Waals surface area contributed by atoms with Crippen molar-refractivity contribution >= 4 is 5.97 Å². The minimum Gasteiger partial charge on any atom is -0.486 e. The summed E-state index contributed by atoms with van der Waals surface area (Å²) in [5, 5.41) is 9.01. The second kappa shape index (κ2) is 5.31. The van der Waals surface area contributed by atoms with Crippen LogP contribution in [0.5, 0.6) is 5.75 Å². The number of aromatic carboxylic acids is 1. The molecular formula is C14H13NO3. The van der Waals surface area contributed by atoms with E-state index in [0.717, 1.165) is 11.4 Å². The number of pyridine rings is 1. The third-order valence-corrected chi connectivity index (χ3v) is 2.44. The highest BCUT2D eigenvalue weighted by molar-refractivity contribution is 5.90. The van der Waals surface area contributed by atoms with Crippen molar-refractivity contribution in [1.82, 2.24) is 4.98 Å². The molecule has 0 radical (unpaired) electrons. The van der Waals surface area contributed by atoms with Gasteiger partial charge in [0.2, 0.25) is 0 Å². The van der Waals surface area contributed by atoms with Crippen LogP contribution in [0.15, 0.2) is 42.5 Å². The number of benzene rings is 1. The first kappa shape index (κ1) is 12.1. The Morgan fingerprint density at radius 2 is 2.00 bits per heavy atom. The lowest BCUT2D eigenvalue weighted by Gasteiger charge is -2.08. The van der Waals surface area contributed by atoms with Gasteiger partial charge in [-0.25, -0.2) is 4.79 Å². The Labute approximate surface area is 105 Å². The summed E-state index contributed by atoms with van der Waals surface area (Å²) in [5.74, 6) is -0.642. The molecule has 0 saturated carbocycles. The maximum absolute atomic E-state index is 11.0. The lowest BCUT2D eigenvalue weighted by molar-refractivity contribution is 0.0691. The van der Waals surface area contributed by atoms with Crippen molar-refractivity contribution in [1.29, 1.82) is 0 Å². The molecule has 1 aromatic carbocycles. The van der Waals surface area contributed by atoms with Gasteiger partial charge in [0.15, 0.2) is 0 Å². The second-order valence-electron chi connectivity index (χ2n) is 3.86. The highest BCUT2D eigenvalue weighted by Crippen LogP contribution is 2.18. The van der Waals surface area contributed by atoms with Crippen LogP contribution in [0.25, 0.3) is 0 Å². The number of rotatable bonds is 4. The maximum atomic E-state index is 11.0. The molecule has 0 aliphatic rings. The number of carboxylic acid groups (broad SMARTS) is 1. The smallest absolute Gasteiger partial charge is 0.339 e. The SMILES string of the molecule is Cc1cccc(COc2ccccc2C(=O)O)n1. The van der Waals surface area contributed by atoms with Crippen molar-refractivity contribution in [2.45, 2.75) is 13.5 Å². The molecule has 4 nitrogen and oxygen atoms in total. The number of nitrogens with zero attached hydrogens (tertiary/aromatic N) is 1. The summed E-state index contributed by atoms with van der Waals surface area (Å²) in [4.78, 5) is 15.3. The first-order valence-electron chi connectivity index (χ1n) is 5.54. The number of carbonyl (C=O) groups is 1. The molecule has 4 heteroatoms. The van der Waals surface area contributed by atoms with Gasteiger partial charge in [0.1, 0.15) is 17.9 Å². The molecule has 0 bridgehead atoms. The Bertz CT molecular complexity index is 566. The highest BCUT2D eigenvalue weighted by Gasteiger charge is 2.10. The molecule has 0 fully saturated rings. The van der Waals surface area contributed by atoms with Gasteiger partial charge in [0.05, 0.1) is 5.69 Å². The maximum Gasteiger partial charge on any atom is 0.339 e. The van der Waals surface area contributed by atoms with Crippen molar-refractivity contribution in [2.24, 2.45) is 0 Å². The zero-order chi connectivity index (χ0) is 13.0. The van der Waals surface area contributed by atoms with Gasteiger partial charge in [-0.05, 0) is 31.2 Å². The normalized spacial score (nSPS) is 10.1. The van der Waals surface area contributed by atoms with E-state index in [1.165, 1.54) is 6.07 Å². The van der Waals surface area contributed by atoms with Gasteiger partial charge >= 0.3 is 5.97 Å². The third kappa shape index (κ3) is 2.85. The van der Waals surface area contributed by atoms with Crippen LogP contribution in [0.1, 0.15) is 21.7 Å². The van der Waals surface area contributed by atoms with Crippen LogP contribution in [-0.4, -0.2) is 16.1 Å². The summed E-state index contributed by atoms with van der Waals surface area (Å²) in [6, 6.07) is 12.2. The molecule has 0 aliphatic carbocycles. The van der Waals surface area contributed by atoms with E-state index in [9.17, 15) is 4.79 Å². The molecule has 0 saturated heterocycles. The van der Waals surface area contributed by atoms with Crippen LogP contribution in [-0.2, 0) is 6.61 Å². The lowest BCUT2D eigenvalue weighted by atomic mass is 10.2. The molecule has 1 heterocycles. The number of carboxylic acids is 1. The topological polar surface area (TPSA) is 59.4 Å². The molecule has 1 N–H and O–H groups in total. The van der Waals surface area contributed by atoms with Crippen LogP contribution >= 0.6 is 0 Å². The molecule has 18 heavy (non-hydrogen) atoms. The largest absolute Gasteiger partial charge is 0.486 e. The Morgan fingerprint density at radius 3 is 2.72 bits per heavy atom. The molecule has 0 unspecified atom stereocenters. The first-order valence-corrected chi connectivity index (χ1v) is 5.54. The van der Waals surface area contributed by atoms with Crippen LogP contribution in [0.3, 0.4) is 0 Å². The number of ether oxygens (including phenoxy) is 1. The minimum absolute atomic E-state index is 0.158. The van der Waals surface area contributed by atoms with Gasteiger partial charge in [-0.2, -0.15) is 0 Å². The van der Waals surface area contributed by atoms with Crippen molar-refractivity contribution in [3.8, 4) is 5.75 Å². The fourth-order valence-corrected chi connectivity index (χ4v) is 1.60. The predicted molar refractivity (Wildman–Crippen MR) is 66.7 cm³/mol. The van der Waals surface area contributed by atoms with Gasteiger partial charge in [0.25, 0.3) is 0 Å². The van der Waals surface area contributed by atoms with Crippen LogP contribution in [0.2, 0.25) is 0 Å². The van der Waals surface area contributed by atoms with Gasteiger partial charge < -0.3 is 9.84 Å². The molecule has 0 amide bonds. The van der Waals surface area contributed by atoms with Crippen molar-refractivity contribution < 1.29 is 14.6 Å². The summed E-state index contributed by atoms with van der Waals surface area (Å²) in [6.07, 6.45) is 0. The van der Waals surface area contributed by atoms with Crippen molar-refractivity contribution in [3.63, 3.8) is 0 Å². The first-order chi connectivity index (χ1) is 8.66. The average molecular weight is 243 g/mol. The van der Waals surface area contributed by atoms with Gasteiger partial charge in [-0.15, -0.1) is 0 Å². The summed E-state index contributed by atoms with van der Waals surface area (Å²) in [5.41, 5.74) is 1.84. The molecule has 92 valence electrons. The van der Waals surface area contributed by atoms with E-state index in [-0.39, 0.29) is 12.2 Å². The summed E-state index contributed by atoms with van der Waals surface area (Å²) >= 11 is 0. The van der Waals surface area contributed by atoms with E-state index in [1.54, 1.807) is 18.2 Å². The van der Waals surface area contributed by atoms with Crippen molar-refractivity contribution in [2.75, 3.05) is 0 Å². The second-order valence-corrected chi connectivity index (χ2v) is 3.86. The molecule has 0 atom stereocenters. The minimum atomic E-state index is -0.997. The van der Waals surface area contributed by atoms with Gasteiger partial charge in [0, 0.05) is 5.69 Å². The molecule has 2 rings (SSSR count). The zero-order valence-electron chi connectivity index (χ0n) is 9.96. The summed E-state index contributed by atoms with van der Waals surface area (Å²) < 4.78 is 5.50. The molecule has 2 aromatic rings. The predicted octanol–water partition coefficient (Wildman–Crippen LogP) is 2.67. The Morgan fingerprint density at radius 1 is 1.22 bits per heavy atom. The Kier molecular flexibility index (Phi) is 3.57. The fourth-order valence-electron chi connectivity index (χ4n) is 1.60. The molecule has 0 spiro atoms. The van der Waals surface area contributed by atoms with E-state index in [1.807, 2.05) is 25.1 Å². The molecule has 1 aromatic heterocycles. The molecular weight excluding hydrogens is 230 g/mol. The lowest BCUT2D eigenvalue weighted by Crippen LogP contribution is -2.04. The zero-order valence-corrected chi connectivity index (χ0v) is 9.96. The van der Waals surface area contributed by atoms with E-state index in [4.69, 9.17) is 9.84 Å². The number of para-hydroxylation sites is 1. The summed E-state index contributed by atoms with van der Waals surface area (Å²) in [7, 11) is 0. The average Bonchev–Trinajstić information content (AvgIpc) is 2.37. The van der Waals surface area contributed by atoms with Crippen LogP contribution < -0.4 is 4.74 Å². The van der Waals surface area contributed by atoms with E-state index < -0.39 is 5.97 Å². The van der Waals surface area contributed by atoms with E-state index >= 15 is 0 Å². The number of hydrogen-bond acceptors (Lipinski definition) is 3. The highest BCUT2D eigenvalue weighted by atomic mass is 16.5. The number of hydrogen-bond donors (Lipinski definition) is 1. The van der Waals surface area contributed by atoms with E-state index in [2.05, 4.69) is 4.98 Å². The Hall–Kier alpha value is -2.36. The van der Waals surface area contributed by atoms with Crippen LogP contribution in [0, 0.1) is 6.92 Å². The number of aryl methyl sites for hydroxylation is 1. The van der Waals surface area contributed by atoms with Crippen molar-refractivity contribution in [3.05, 3.63) is 59.4 Å². The van der Waals surface area contributed by atoms with E-state index in [0.29, 0.717) is 5.75 Å². The quantitative estimate of drug-likeness (QED) is 0.896.